The number of likely N-dealkylation sites (tertiary alicyclic amines) is 1. The summed E-state index contributed by atoms with van der Waals surface area (Å²) >= 11 is 6.71. The molecule has 1 saturated heterocycles. The van der Waals surface area contributed by atoms with Crippen molar-refractivity contribution in [3.05, 3.63) is 155 Å². The van der Waals surface area contributed by atoms with Crippen molar-refractivity contribution in [1.29, 1.82) is 5.26 Å². The number of hydrogen-bond acceptors (Lipinski definition) is 4. The molecule has 7 heteroatoms. The Kier molecular flexibility index (Phi) is 9.05. The number of amides is 1. The number of aromatic nitrogens is 2. The van der Waals surface area contributed by atoms with Crippen molar-refractivity contribution in [2.75, 3.05) is 18.4 Å². The molecule has 2 heterocycles. The molecule has 1 amide bonds. The Morgan fingerprint density at radius 2 is 1.41 bits per heavy atom. The highest BCUT2D eigenvalue weighted by molar-refractivity contribution is 6.33. The van der Waals surface area contributed by atoms with E-state index in [-0.39, 0.29) is 11.8 Å². The number of nitriles is 1. The van der Waals surface area contributed by atoms with Crippen LogP contribution in [0.3, 0.4) is 0 Å². The van der Waals surface area contributed by atoms with Crippen molar-refractivity contribution in [3.8, 4) is 17.2 Å². The predicted octanol–water partition coefficient (Wildman–Crippen LogP) is 9.13. The first-order valence-corrected chi connectivity index (χ1v) is 17.2. The SMILES string of the molecule is CC(C)N1CCC(C(=O)Nc2nn(C(c3ccccc3)(c3ccccc3)c3ccccc3)c3ccc(-c4cc(C#N)ccc4Cl)cc23)CC1. The number of benzene rings is 5. The Bertz CT molecular complexity index is 2030. The summed E-state index contributed by atoms with van der Waals surface area (Å²) in [4.78, 5) is 16.4. The van der Waals surface area contributed by atoms with Gasteiger partial charge >= 0.3 is 0 Å². The van der Waals surface area contributed by atoms with E-state index in [9.17, 15) is 10.1 Å². The Morgan fingerprint density at radius 3 is 1.94 bits per heavy atom. The highest BCUT2D eigenvalue weighted by Crippen LogP contribution is 2.44. The lowest BCUT2D eigenvalue weighted by molar-refractivity contribution is -0.121. The lowest BCUT2D eigenvalue weighted by Gasteiger charge is -2.37. The minimum atomic E-state index is -0.881. The summed E-state index contributed by atoms with van der Waals surface area (Å²) in [7, 11) is 0. The maximum atomic E-state index is 14.0. The molecule has 0 aliphatic carbocycles. The number of nitrogens with one attached hydrogen (secondary N) is 1. The van der Waals surface area contributed by atoms with E-state index >= 15 is 0 Å². The second-order valence-corrected chi connectivity index (χ2v) is 13.4. The molecule has 0 saturated carbocycles. The summed E-state index contributed by atoms with van der Waals surface area (Å²) in [6.45, 7) is 6.19. The highest BCUT2D eigenvalue weighted by Gasteiger charge is 2.41. The quantitative estimate of drug-likeness (QED) is 0.165. The third kappa shape index (κ3) is 6.01. The topological polar surface area (TPSA) is 74.0 Å². The molecular formula is C42H38ClN5O. The summed E-state index contributed by atoms with van der Waals surface area (Å²) in [5.74, 6) is 0.365. The number of carbonyl (C=O) groups is 1. The number of hydrogen-bond donors (Lipinski definition) is 1. The molecule has 1 N–H and O–H groups in total. The molecule has 0 unspecified atom stereocenters. The zero-order chi connectivity index (χ0) is 34.0. The van der Waals surface area contributed by atoms with Crippen molar-refractivity contribution in [2.24, 2.45) is 5.92 Å². The van der Waals surface area contributed by atoms with Gasteiger partial charge in [0.15, 0.2) is 5.82 Å². The second kappa shape index (κ2) is 13.7. The van der Waals surface area contributed by atoms with Crippen LogP contribution < -0.4 is 5.32 Å². The molecule has 1 aliphatic heterocycles. The molecule has 0 spiro atoms. The van der Waals surface area contributed by atoms with Crippen molar-refractivity contribution in [3.63, 3.8) is 0 Å². The standard InChI is InChI=1S/C42H38ClN5O/c1-29(2)47-24-22-31(23-25-47)41(49)45-40-37-27-32(36-26-30(28-44)18-20-38(36)43)19-21-39(37)48(46-40)42(33-12-6-3-7-13-33,34-14-8-4-9-15-34)35-16-10-5-11-17-35/h3-21,26-27,29,31H,22-25H2,1-2H3,(H,45,46,49). The van der Waals surface area contributed by atoms with E-state index < -0.39 is 5.54 Å². The second-order valence-electron chi connectivity index (χ2n) is 13.0. The van der Waals surface area contributed by atoms with E-state index in [1.807, 2.05) is 36.4 Å². The van der Waals surface area contributed by atoms with Crippen LogP contribution in [0.2, 0.25) is 5.02 Å². The normalized spacial score (nSPS) is 14.2. The fourth-order valence-electron chi connectivity index (χ4n) is 7.25. The fourth-order valence-corrected chi connectivity index (χ4v) is 7.48. The van der Waals surface area contributed by atoms with Gasteiger partial charge in [0.05, 0.1) is 17.1 Å². The molecule has 244 valence electrons. The summed E-state index contributed by atoms with van der Waals surface area (Å²) in [5, 5.41) is 19.6. The Balaban J connectivity index is 1.47. The van der Waals surface area contributed by atoms with Crippen LogP contribution in [0.5, 0.6) is 0 Å². The number of halogens is 1. The number of rotatable bonds is 8. The van der Waals surface area contributed by atoms with E-state index in [1.165, 1.54) is 0 Å². The van der Waals surface area contributed by atoms with E-state index in [0.29, 0.717) is 22.4 Å². The van der Waals surface area contributed by atoms with Crippen LogP contribution in [-0.2, 0) is 10.3 Å². The first-order chi connectivity index (χ1) is 23.9. The minimum absolute atomic E-state index is 0.0189. The van der Waals surface area contributed by atoms with Gasteiger partial charge in [0, 0.05) is 27.9 Å². The first kappa shape index (κ1) is 32.3. The van der Waals surface area contributed by atoms with Crippen molar-refractivity contribution >= 4 is 34.2 Å². The molecular weight excluding hydrogens is 626 g/mol. The number of piperidine rings is 1. The molecule has 0 atom stereocenters. The van der Waals surface area contributed by atoms with Gasteiger partial charge in [-0.15, -0.1) is 0 Å². The monoisotopic (exact) mass is 663 g/mol. The van der Waals surface area contributed by atoms with E-state index in [2.05, 4.69) is 108 Å². The zero-order valence-corrected chi connectivity index (χ0v) is 28.4. The van der Waals surface area contributed by atoms with Gasteiger partial charge in [-0.2, -0.15) is 10.4 Å². The van der Waals surface area contributed by atoms with E-state index in [4.69, 9.17) is 16.7 Å². The summed E-state index contributed by atoms with van der Waals surface area (Å²) in [6, 6.07) is 45.2. The van der Waals surface area contributed by atoms with Gasteiger partial charge in [-0.1, -0.05) is 109 Å². The molecule has 7 rings (SSSR count). The Morgan fingerprint density at radius 1 is 0.837 bits per heavy atom. The third-order valence-electron chi connectivity index (χ3n) is 9.85. The van der Waals surface area contributed by atoms with Crippen LogP contribution in [0.25, 0.3) is 22.0 Å². The smallest absolute Gasteiger partial charge is 0.228 e. The lowest BCUT2D eigenvalue weighted by Crippen LogP contribution is -2.41. The molecule has 5 aromatic carbocycles. The highest BCUT2D eigenvalue weighted by atomic mass is 35.5. The van der Waals surface area contributed by atoms with Gasteiger partial charge < -0.3 is 10.2 Å². The van der Waals surface area contributed by atoms with Gasteiger partial charge in [0.2, 0.25) is 5.91 Å². The summed E-state index contributed by atoms with van der Waals surface area (Å²) < 4.78 is 2.07. The number of anilines is 1. The molecule has 1 fully saturated rings. The van der Waals surface area contributed by atoms with Gasteiger partial charge in [0.1, 0.15) is 5.54 Å². The maximum absolute atomic E-state index is 14.0. The molecule has 1 aromatic heterocycles. The van der Waals surface area contributed by atoms with Gasteiger partial charge in [-0.25, -0.2) is 4.68 Å². The number of nitrogens with zero attached hydrogens (tertiary/aromatic N) is 4. The predicted molar refractivity (Wildman–Crippen MR) is 198 cm³/mol. The van der Waals surface area contributed by atoms with Gasteiger partial charge in [-0.05, 0) is 92.4 Å². The van der Waals surface area contributed by atoms with E-state index in [1.54, 1.807) is 18.2 Å². The van der Waals surface area contributed by atoms with Crippen molar-refractivity contribution < 1.29 is 4.79 Å². The Hall–Kier alpha value is -5.22. The maximum Gasteiger partial charge on any atom is 0.228 e. The van der Waals surface area contributed by atoms with E-state index in [0.717, 1.165) is 64.7 Å². The van der Waals surface area contributed by atoms with Crippen LogP contribution in [0.4, 0.5) is 5.82 Å². The summed E-state index contributed by atoms with van der Waals surface area (Å²) in [6.07, 6.45) is 1.60. The molecule has 49 heavy (non-hydrogen) atoms. The minimum Gasteiger partial charge on any atom is -0.308 e. The van der Waals surface area contributed by atoms with Crippen LogP contribution >= 0.6 is 11.6 Å². The number of fused-ring (bicyclic) bond motifs is 1. The third-order valence-corrected chi connectivity index (χ3v) is 10.2. The largest absolute Gasteiger partial charge is 0.308 e. The van der Waals surface area contributed by atoms with Crippen LogP contribution in [0.1, 0.15) is 48.9 Å². The van der Waals surface area contributed by atoms with Crippen LogP contribution in [0.15, 0.2) is 127 Å². The van der Waals surface area contributed by atoms with Crippen molar-refractivity contribution in [1.82, 2.24) is 14.7 Å². The molecule has 0 bridgehead atoms. The Labute approximate surface area is 292 Å². The molecule has 6 aromatic rings. The molecule has 1 aliphatic rings. The molecule has 0 radical (unpaired) electrons. The molecule has 6 nitrogen and oxygen atoms in total. The fraction of sp³-hybridized carbons (Fsp3) is 0.214. The average Bonchev–Trinajstić information content (AvgIpc) is 3.50. The number of carbonyl (C=O) groups excluding carboxylic acids is 1. The summed E-state index contributed by atoms with van der Waals surface area (Å²) in [5.41, 5.74) is 5.16. The van der Waals surface area contributed by atoms with Crippen LogP contribution in [-0.4, -0.2) is 39.7 Å². The van der Waals surface area contributed by atoms with Crippen LogP contribution in [0, 0.1) is 17.2 Å². The zero-order valence-electron chi connectivity index (χ0n) is 27.7. The van der Waals surface area contributed by atoms with Gasteiger partial charge in [-0.3, -0.25) is 4.79 Å². The van der Waals surface area contributed by atoms with Crippen molar-refractivity contribution in [2.45, 2.75) is 38.3 Å². The van der Waals surface area contributed by atoms with Gasteiger partial charge in [0.25, 0.3) is 0 Å². The first-order valence-electron chi connectivity index (χ1n) is 16.8. The lowest BCUT2D eigenvalue weighted by atomic mass is 9.77. The average molecular weight is 664 g/mol.